The molecule has 0 bridgehead atoms. The van der Waals surface area contributed by atoms with Gasteiger partial charge in [-0.15, -0.1) is 0 Å². The maximum Gasteiger partial charge on any atom is 0.249 e. The van der Waals surface area contributed by atoms with Crippen LogP contribution in [0.3, 0.4) is 0 Å². The molecule has 0 saturated heterocycles. The van der Waals surface area contributed by atoms with Crippen LogP contribution in [0.5, 0.6) is 0 Å². The second-order valence-corrected chi connectivity index (χ2v) is 6.35. The lowest BCUT2D eigenvalue weighted by molar-refractivity contribution is -0.112. The zero-order chi connectivity index (χ0) is 20.8. The van der Waals surface area contributed by atoms with Crippen molar-refractivity contribution in [2.75, 3.05) is 24.4 Å². The molecule has 6 nitrogen and oxygen atoms in total. The molecule has 0 aliphatic heterocycles. The summed E-state index contributed by atoms with van der Waals surface area (Å²) in [5.74, 6) is -0.890. The molecule has 0 saturated carbocycles. The highest BCUT2D eigenvalue weighted by Gasteiger charge is 2.17. The van der Waals surface area contributed by atoms with Crippen molar-refractivity contribution in [2.24, 2.45) is 0 Å². The third kappa shape index (κ3) is 4.69. The minimum atomic E-state index is -0.548. The van der Waals surface area contributed by atoms with Crippen molar-refractivity contribution < 1.29 is 13.9 Å². The smallest absolute Gasteiger partial charge is 0.249 e. The highest BCUT2D eigenvalue weighted by atomic mass is 35.5. The quantitative estimate of drug-likeness (QED) is 0.571. The van der Waals surface area contributed by atoms with E-state index in [-0.39, 0.29) is 23.0 Å². The summed E-state index contributed by atoms with van der Waals surface area (Å²) < 4.78 is 18.4. The fourth-order valence-corrected chi connectivity index (χ4v) is 2.85. The number of rotatable bonds is 6. The molecule has 0 aliphatic carbocycles. The summed E-state index contributed by atoms with van der Waals surface area (Å²) in [5.41, 5.74) is 1.62. The summed E-state index contributed by atoms with van der Waals surface area (Å²) in [4.78, 5) is 16.6. The van der Waals surface area contributed by atoms with Gasteiger partial charge in [-0.25, -0.2) is 9.37 Å². The molecule has 1 amide bonds. The molecule has 3 aromatic rings. The standard InChI is InChI=1S/C21H16ClFN4O2/c1-29-10-4-7-19(28)27-21-15(12-24)20(14-5-2-3-6-18(14)26-21)25-13-8-9-17(23)16(22)11-13/h2-9,11H,10H2,1H3,(H2,25,26,27,28)/b7-4-. The summed E-state index contributed by atoms with van der Waals surface area (Å²) in [5, 5.41) is 16.1. The van der Waals surface area contributed by atoms with E-state index < -0.39 is 11.7 Å². The highest BCUT2D eigenvalue weighted by molar-refractivity contribution is 6.31. The molecule has 0 spiro atoms. The Bertz CT molecular complexity index is 1140. The van der Waals surface area contributed by atoms with E-state index in [9.17, 15) is 14.4 Å². The zero-order valence-corrected chi connectivity index (χ0v) is 16.1. The van der Waals surface area contributed by atoms with Crippen LogP contribution in [0.2, 0.25) is 5.02 Å². The van der Waals surface area contributed by atoms with Gasteiger partial charge in [-0.1, -0.05) is 35.9 Å². The molecule has 1 aromatic heterocycles. The van der Waals surface area contributed by atoms with Gasteiger partial charge in [-0.05, 0) is 24.3 Å². The lowest BCUT2D eigenvalue weighted by Gasteiger charge is -2.15. The number of anilines is 3. The van der Waals surface area contributed by atoms with Gasteiger partial charge in [0.15, 0.2) is 5.82 Å². The molecule has 3 rings (SSSR count). The average Bonchev–Trinajstić information content (AvgIpc) is 2.71. The maximum atomic E-state index is 13.5. The number of nitriles is 1. The van der Waals surface area contributed by atoms with E-state index in [1.54, 1.807) is 30.3 Å². The van der Waals surface area contributed by atoms with E-state index in [0.717, 1.165) is 0 Å². The number of benzene rings is 2. The van der Waals surface area contributed by atoms with E-state index in [2.05, 4.69) is 21.7 Å². The van der Waals surface area contributed by atoms with Gasteiger partial charge in [0, 0.05) is 24.3 Å². The Morgan fingerprint density at radius 3 is 2.86 bits per heavy atom. The summed E-state index contributed by atoms with van der Waals surface area (Å²) in [7, 11) is 1.51. The monoisotopic (exact) mass is 410 g/mol. The summed E-state index contributed by atoms with van der Waals surface area (Å²) in [6.07, 6.45) is 2.84. The van der Waals surface area contributed by atoms with Crippen LogP contribution in [0.4, 0.5) is 21.6 Å². The first-order valence-electron chi connectivity index (χ1n) is 8.55. The fourth-order valence-electron chi connectivity index (χ4n) is 2.67. The Kier molecular flexibility index (Phi) is 6.39. The molecule has 2 N–H and O–H groups in total. The number of methoxy groups -OCH3 is 1. The number of para-hydroxylation sites is 1. The van der Waals surface area contributed by atoms with E-state index in [0.29, 0.717) is 22.3 Å². The normalized spacial score (nSPS) is 10.8. The van der Waals surface area contributed by atoms with Crippen LogP contribution in [0.25, 0.3) is 10.9 Å². The van der Waals surface area contributed by atoms with Crippen LogP contribution in [0, 0.1) is 17.1 Å². The van der Waals surface area contributed by atoms with Gasteiger partial charge in [0.2, 0.25) is 5.91 Å². The Labute approximate surface area is 171 Å². The maximum absolute atomic E-state index is 13.5. The van der Waals surface area contributed by atoms with Crippen molar-refractivity contribution in [3.05, 3.63) is 71.0 Å². The third-order valence-electron chi connectivity index (χ3n) is 3.97. The molecular weight excluding hydrogens is 395 g/mol. The number of nitrogens with zero attached hydrogens (tertiary/aromatic N) is 2. The molecule has 1 heterocycles. The summed E-state index contributed by atoms with van der Waals surface area (Å²) in [6.45, 7) is 0.280. The van der Waals surface area contributed by atoms with Crippen molar-refractivity contribution in [1.82, 2.24) is 4.98 Å². The van der Waals surface area contributed by atoms with Crippen LogP contribution >= 0.6 is 11.6 Å². The lowest BCUT2D eigenvalue weighted by Crippen LogP contribution is -2.12. The van der Waals surface area contributed by atoms with Gasteiger partial charge in [0.1, 0.15) is 17.4 Å². The number of carbonyl (C=O) groups is 1. The number of pyridine rings is 1. The zero-order valence-electron chi connectivity index (χ0n) is 15.4. The molecule has 0 radical (unpaired) electrons. The number of aromatic nitrogens is 1. The molecule has 29 heavy (non-hydrogen) atoms. The fraction of sp³-hybridized carbons (Fsp3) is 0.0952. The van der Waals surface area contributed by atoms with Crippen LogP contribution in [0.1, 0.15) is 5.56 Å². The summed E-state index contributed by atoms with van der Waals surface area (Å²) >= 11 is 5.87. The SMILES string of the molecule is COC/C=C\C(=O)Nc1nc2ccccc2c(Nc2ccc(F)c(Cl)c2)c1C#N. The molecule has 8 heteroatoms. The molecule has 2 aromatic carbocycles. The first-order valence-corrected chi connectivity index (χ1v) is 8.92. The van der Waals surface area contributed by atoms with E-state index in [1.165, 1.54) is 31.4 Å². The molecule has 146 valence electrons. The Hall–Kier alpha value is -3.47. The van der Waals surface area contributed by atoms with Crippen molar-refractivity contribution in [2.45, 2.75) is 0 Å². The molecular formula is C21H16ClFN4O2. The number of halogens is 2. The molecule has 0 fully saturated rings. The predicted octanol–water partition coefficient (Wildman–Crippen LogP) is 4.78. The van der Waals surface area contributed by atoms with Gasteiger partial charge in [0.25, 0.3) is 0 Å². The Balaban J connectivity index is 2.08. The Morgan fingerprint density at radius 1 is 1.34 bits per heavy atom. The highest BCUT2D eigenvalue weighted by Crippen LogP contribution is 2.34. The number of hydrogen-bond acceptors (Lipinski definition) is 5. The predicted molar refractivity (Wildman–Crippen MR) is 111 cm³/mol. The van der Waals surface area contributed by atoms with Crippen molar-refractivity contribution in [3.8, 4) is 6.07 Å². The van der Waals surface area contributed by atoms with Crippen LogP contribution in [0.15, 0.2) is 54.6 Å². The van der Waals surface area contributed by atoms with Gasteiger partial charge in [-0.2, -0.15) is 5.26 Å². The summed E-state index contributed by atoms with van der Waals surface area (Å²) in [6, 6.07) is 13.4. The Morgan fingerprint density at radius 2 is 2.14 bits per heavy atom. The van der Waals surface area contributed by atoms with Crippen LogP contribution in [-0.4, -0.2) is 24.6 Å². The molecule has 0 unspecified atom stereocenters. The third-order valence-corrected chi connectivity index (χ3v) is 4.26. The number of amides is 1. The topological polar surface area (TPSA) is 87.0 Å². The van der Waals surface area contributed by atoms with Crippen molar-refractivity contribution >= 4 is 45.6 Å². The number of fused-ring (bicyclic) bond motifs is 1. The van der Waals surface area contributed by atoms with Crippen molar-refractivity contribution in [1.29, 1.82) is 5.26 Å². The molecule has 0 aliphatic rings. The molecule has 0 atom stereocenters. The van der Waals surface area contributed by atoms with Gasteiger partial charge in [0.05, 0.1) is 22.8 Å². The second-order valence-electron chi connectivity index (χ2n) is 5.94. The number of carbonyl (C=O) groups excluding carboxylic acids is 1. The van der Waals surface area contributed by atoms with E-state index in [4.69, 9.17) is 16.3 Å². The van der Waals surface area contributed by atoms with Gasteiger partial charge < -0.3 is 15.4 Å². The second kappa shape index (κ2) is 9.15. The number of hydrogen-bond donors (Lipinski definition) is 2. The van der Waals surface area contributed by atoms with E-state index >= 15 is 0 Å². The van der Waals surface area contributed by atoms with E-state index in [1.807, 2.05) is 0 Å². The first-order chi connectivity index (χ1) is 14.0. The minimum Gasteiger partial charge on any atom is -0.381 e. The number of ether oxygens (including phenoxy) is 1. The van der Waals surface area contributed by atoms with Crippen LogP contribution in [-0.2, 0) is 9.53 Å². The first kappa shape index (κ1) is 20.3. The average molecular weight is 411 g/mol. The van der Waals surface area contributed by atoms with Gasteiger partial charge >= 0.3 is 0 Å². The van der Waals surface area contributed by atoms with Crippen molar-refractivity contribution in [3.63, 3.8) is 0 Å². The number of nitrogens with one attached hydrogen (secondary N) is 2. The minimum absolute atomic E-state index is 0.0522. The van der Waals surface area contributed by atoms with Crippen LogP contribution < -0.4 is 10.6 Å². The largest absolute Gasteiger partial charge is 0.381 e. The van der Waals surface area contributed by atoms with Gasteiger partial charge in [-0.3, -0.25) is 4.79 Å². The lowest BCUT2D eigenvalue weighted by atomic mass is 10.1.